The average molecular weight is 218 g/mol. The summed E-state index contributed by atoms with van der Waals surface area (Å²) in [6.07, 6.45) is -3.00. The molecule has 15 heavy (non-hydrogen) atoms. The van der Waals surface area contributed by atoms with Crippen molar-refractivity contribution in [2.45, 2.75) is 39.6 Å². The van der Waals surface area contributed by atoms with E-state index in [9.17, 15) is 9.59 Å². The van der Waals surface area contributed by atoms with Gasteiger partial charge < -0.3 is 5.73 Å². The van der Waals surface area contributed by atoms with Crippen LogP contribution < -0.4 is 17.0 Å². The number of hydrogen-bond donors (Lipinski definition) is 1. The summed E-state index contributed by atoms with van der Waals surface area (Å²) in [5.74, 6) is -0.196. The fraction of sp³-hybridized carbons (Fsp3) is 0.600. The molecule has 0 aliphatic rings. The highest BCUT2D eigenvalue weighted by Gasteiger charge is 2.07. The van der Waals surface area contributed by atoms with Gasteiger partial charge in [-0.25, -0.2) is 4.79 Å². The van der Waals surface area contributed by atoms with E-state index in [0.29, 0.717) is 6.42 Å². The Morgan fingerprint density at radius 3 is 2.87 bits per heavy atom. The van der Waals surface area contributed by atoms with Crippen molar-refractivity contribution in [3.8, 4) is 0 Å². The van der Waals surface area contributed by atoms with Gasteiger partial charge in [-0.1, -0.05) is 13.8 Å². The summed E-state index contributed by atoms with van der Waals surface area (Å²) in [7, 11) is 0. The van der Waals surface area contributed by atoms with Crippen LogP contribution in [0.4, 0.5) is 5.82 Å². The molecule has 0 amide bonds. The van der Waals surface area contributed by atoms with E-state index in [4.69, 9.17) is 15.3 Å². The minimum absolute atomic E-state index is 0.0363. The van der Waals surface area contributed by atoms with Crippen LogP contribution in [0, 0.1) is 0 Å². The molecule has 0 unspecified atom stereocenters. The maximum Gasteiger partial charge on any atom is 0.332 e. The number of nitrogens with zero attached hydrogens (tertiary/aromatic N) is 2. The number of rotatable bonds is 4. The molecule has 0 aliphatic carbocycles. The van der Waals surface area contributed by atoms with Gasteiger partial charge in [0.25, 0.3) is 5.56 Å². The minimum Gasteiger partial charge on any atom is -0.385 e. The normalized spacial score (nSPS) is 20.2. The van der Waals surface area contributed by atoms with E-state index in [0.717, 1.165) is 10.6 Å². The van der Waals surface area contributed by atoms with Gasteiger partial charge in [0.2, 0.25) is 0 Å². The molecule has 1 heterocycles. The summed E-state index contributed by atoms with van der Waals surface area (Å²) in [6.45, 7) is -4.95. The second kappa shape index (κ2) is 4.82. The van der Waals surface area contributed by atoms with Crippen molar-refractivity contribution in [1.82, 2.24) is 9.13 Å². The van der Waals surface area contributed by atoms with Gasteiger partial charge in [0.05, 0.1) is 2.74 Å². The first-order chi connectivity index (χ1) is 9.79. The molecule has 0 aromatic carbocycles. The van der Waals surface area contributed by atoms with Crippen LogP contribution in [0.25, 0.3) is 0 Å². The molecular weight excluding hydrogens is 194 g/mol. The predicted octanol–water partition coefficient (Wildman–Crippen LogP) is 0.412. The lowest BCUT2D eigenvalue weighted by Crippen LogP contribution is -2.40. The van der Waals surface area contributed by atoms with Gasteiger partial charge in [0.1, 0.15) is 5.82 Å². The molecule has 84 valence electrons. The van der Waals surface area contributed by atoms with Crippen LogP contribution in [0.2, 0.25) is 0 Å². The van der Waals surface area contributed by atoms with Gasteiger partial charge in [-0.15, -0.1) is 0 Å². The molecule has 0 aliphatic heterocycles. The number of aromatic nitrogens is 2. The van der Waals surface area contributed by atoms with E-state index < -0.39 is 31.0 Å². The molecular formula is C10H17N3O2. The van der Waals surface area contributed by atoms with Crippen LogP contribution in [0.15, 0.2) is 15.7 Å². The smallest absolute Gasteiger partial charge is 0.332 e. The number of nitrogens with two attached hydrogens (primary N) is 1. The van der Waals surface area contributed by atoms with Gasteiger partial charge in [-0.05, 0) is 12.8 Å². The topological polar surface area (TPSA) is 70.0 Å². The summed E-state index contributed by atoms with van der Waals surface area (Å²) in [6, 6.07) is 0.768. The standard InChI is InChI=1S/C10H17N3O2/c1-3-5-12-8(11)7-9(14)13(6-4-2)10(12)15/h7H,3-6,11H2,1-2H3/i2D3,4D2,6D2. The first-order valence-electron chi connectivity index (χ1n) is 7.92. The number of anilines is 1. The minimum atomic E-state index is -3.46. The molecule has 2 N–H and O–H groups in total. The molecule has 1 rings (SSSR count). The molecule has 0 saturated heterocycles. The van der Waals surface area contributed by atoms with E-state index in [1.807, 2.05) is 0 Å². The Balaban J connectivity index is 3.73. The zero-order valence-corrected chi connectivity index (χ0v) is 8.28. The van der Waals surface area contributed by atoms with E-state index in [1.54, 1.807) is 6.92 Å². The Labute approximate surface area is 98.0 Å². The van der Waals surface area contributed by atoms with Crippen LogP contribution in [-0.4, -0.2) is 9.13 Å². The molecule has 0 fully saturated rings. The Hall–Kier alpha value is -1.52. The Morgan fingerprint density at radius 1 is 1.53 bits per heavy atom. The van der Waals surface area contributed by atoms with Crippen molar-refractivity contribution in [1.29, 1.82) is 0 Å². The first kappa shape index (κ1) is 5.01. The van der Waals surface area contributed by atoms with Crippen molar-refractivity contribution >= 4 is 5.82 Å². The fourth-order valence-electron chi connectivity index (χ4n) is 1.20. The van der Waals surface area contributed by atoms with Gasteiger partial charge in [0.15, 0.2) is 0 Å². The van der Waals surface area contributed by atoms with Crippen molar-refractivity contribution < 1.29 is 9.60 Å². The van der Waals surface area contributed by atoms with Gasteiger partial charge >= 0.3 is 5.69 Å². The van der Waals surface area contributed by atoms with Crippen LogP contribution in [0.1, 0.15) is 36.2 Å². The summed E-state index contributed by atoms with van der Waals surface area (Å²) >= 11 is 0. The van der Waals surface area contributed by atoms with E-state index in [1.165, 1.54) is 0 Å². The van der Waals surface area contributed by atoms with Gasteiger partial charge in [-0.2, -0.15) is 0 Å². The predicted molar refractivity (Wildman–Crippen MR) is 60.0 cm³/mol. The number of nitrogen functional groups attached to an aromatic ring is 1. The lowest BCUT2D eigenvalue weighted by atomic mass is 10.4. The molecule has 5 heteroatoms. The summed E-state index contributed by atoms with van der Waals surface area (Å²) in [5.41, 5.74) is 3.15. The third-order valence-corrected chi connectivity index (χ3v) is 1.84. The van der Waals surface area contributed by atoms with E-state index in [2.05, 4.69) is 0 Å². The maximum atomic E-state index is 12.3. The lowest BCUT2D eigenvalue weighted by Gasteiger charge is -2.10. The van der Waals surface area contributed by atoms with Crippen LogP contribution in [-0.2, 0) is 13.0 Å². The Morgan fingerprint density at radius 2 is 2.27 bits per heavy atom. The third kappa shape index (κ3) is 2.29. The second-order valence-electron chi connectivity index (χ2n) is 2.91. The maximum absolute atomic E-state index is 12.3. The molecule has 0 radical (unpaired) electrons. The summed E-state index contributed by atoms with van der Waals surface area (Å²) < 4.78 is 52.8. The molecule has 0 atom stereocenters. The molecule has 1 aromatic heterocycles. The van der Waals surface area contributed by atoms with E-state index >= 15 is 0 Å². The van der Waals surface area contributed by atoms with Crippen molar-refractivity contribution in [2.24, 2.45) is 0 Å². The average Bonchev–Trinajstić information content (AvgIpc) is 2.32. The Kier molecular flexibility index (Phi) is 1.61. The molecule has 0 bridgehead atoms. The van der Waals surface area contributed by atoms with Gasteiger partial charge in [-0.3, -0.25) is 13.9 Å². The van der Waals surface area contributed by atoms with Crippen molar-refractivity contribution in [3.63, 3.8) is 0 Å². The highest BCUT2D eigenvalue weighted by Crippen LogP contribution is 1.96. The fourth-order valence-corrected chi connectivity index (χ4v) is 1.20. The quantitative estimate of drug-likeness (QED) is 0.796. The van der Waals surface area contributed by atoms with Crippen LogP contribution in [0.5, 0.6) is 0 Å². The zero-order chi connectivity index (χ0) is 17.5. The highest BCUT2D eigenvalue weighted by atomic mass is 16.2. The largest absolute Gasteiger partial charge is 0.385 e. The summed E-state index contributed by atoms with van der Waals surface area (Å²) in [4.78, 5) is 24.2. The molecule has 0 spiro atoms. The number of hydrogen-bond acceptors (Lipinski definition) is 3. The molecule has 5 nitrogen and oxygen atoms in total. The first-order valence-corrected chi connectivity index (χ1v) is 4.42. The third-order valence-electron chi connectivity index (χ3n) is 1.84. The second-order valence-corrected chi connectivity index (χ2v) is 2.91. The Bertz CT molecular complexity index is 675. The monoisotopic (exact) mass is 218 g/mol. The van der Waals surface area contributed by atoms with Crippen LogP contribution in [0.3, 0.4) is 0 Å². The molecule has 1 aromatic rings. The van der Waals surface area contributed by atoms with Crippen LogP contribution >= 0.6 is 0 Å². The summed E-state index contributed by atoms with van der Waals surface area (Å²) in [5, 5.41) is 0. The SMILES string of the molecule is [2H]C([2H])([2H])C([2H])([2H])C([2H])([2H])n1c(=O)cc(N)n(CCC)c1=O. The highest BCUT2D eigenvalue weighted by molar-refractivity contribution is 5.26. The lowest BCUT2D eigenvalue weighted by molar-refractivity contribution is 0.546. The van der Waals surface area contributed by atoms with Crippen molar-refractivity contribution in [3.05, 3.63) is 26.9 Å². The van der Waals surface area contributed by atoms with E-state index in [-0.39, 0.29) is 16.9 Å². The van der Waals surface area contributed by atoms with Crippen molar-refractivity contribution in [2.75, 3.05) is 5.73 Å². The molecule has 0 saturated carbocycles. The zero-order valence-electron chi connectivity index (χ0n) is 15.3. The van der Waals surface area contributed by atoms with Gasteiger partial charge in [0, 0.05) is 26.0 Å².